The molecule has 0 bridgehead atoms. The third kappa shape index (κ3) is 5.93. The molecule has 0 atom stereocenters. The molecule has 2 N–H and O–H groups in total. The van der Waals surface area contributed by atoms with Gasteiger partial charge in [0.05, 0.1) is 11.1 Å². The van der Waals surface area contributed by atoms with Crippen molar-refractivity contribution in [3.63, 3.8) is 0 Å². The number of nitro benzene ring substituents is 1. The van der Waals surface area contributed by atoms with Crippen molar-refractivity contribution < 1.29 is 19.6 Å². The number of benzene rings is 2. The second kappa shape index (κ2) is 10.1. The highest BCUT2D eigenvalue weighted by atomic mass is 16.6. The fourth-order valence-electron chi connectivity index (χ4n) is 2.67. The molecule has 0 saturated heterocycles. The molecule has 0 fully saturated rings. The standard InChI is InChI=1S/C20H24N4O5/c1-4-23(5-2)16-8-7-15(18(25)11-16)12-21-22-20(26)13-29-19-9-6-14(3)10-17(19)24(27)28/h6-12,25H,4-5,13H2,1-3H3,(H,22,26)/b21-12-. The predicted molar refractivity (Wildman–Crippen MR) is 111 cm³/mol. The number of nitrogens with one attached hydrogen (secondary N) is 1. The van der Waals surface area contributed by atoms with E-state index in [4.69, 9.17) is 4.74 Å². The molecule has 9 nitrogen and oxygen atoms in total. The second-order valence-electron chi connectivity index (χ2n) is 6.23. The molecule has 29 heavy (non-hydrogen) atoms. The fraction of sp³-hybridized carbons (Fsp3) is 0.300. The van der Waals surface area contributed by atoms with Gasteiger partial charge in [-0.15, -0.1) is 0 Å². The lowest BCUT2D eigenvalue weighted by Crippen LogP contribution is -2.24. The monoisotopic (exact) mass is 400 g/mol. The molecule has 0 saturated carbocycles. The van der Waals surface area contributed by atoms with Gasteiger partial charge in [0.2, 0.25) is 0 Å². The number of rotatable bonds is 9. The Morgan fingerprint density at radius 2 is 2.00 bits per heavy atom. The quantitative estimate of drug-likeness (QED) is 0.380. The number of amides is 1. The number of nitro groups is 1. The molecule has 0 unspecified atom stereocenters. The number of hydrogen-bond donors (Lipinski definition) is 2. The highest BCUT2D eigenvalue weighted by molar-refractivity contribution is 5.86. The molecule has 0 spiro atoms. The topological polar surface area (TPSA) is 117 Å². The number of aromatic hydroxyl groups is 1. The molecular formula is C20H24N4O5. The number of aryl methyl sites for hydroxylation is 1. The Morgan fingerprint density at radius 3 is 2.62 bits per heavy atom. The molecular weight excluding hydrogens is 376 g/mol. The molecule has 2 rings (SSSR count). The number of ether oxygens (including phenoxy) is 1. The van der Waals surface area contributed by atoms with Gasteiger partial charge < -0.3 is 14.7 Å². The number of hydrazone groups is 1. The number of phenolic OH excluding ortho intramolecular Hbond substituents is 1. The second-order valence-corrected chi connectivity index (χ2v) is 6.23. The van der Waals surface area contributed by atoms with Crippen molar-refractivity contribution in [3.8, 4) is 11.5 Å². The predicted octanol–water partition coefficient (Wildman–Crippen LogP) is 2.98. The van der Waals surface area contributed by atoms with Crippen molar-refractivity contribution in [1.82, 2.24) is 5.43 Å². The van der Waals surface area contributed by atoms with Crippen molar-refractivity contribution in [3.05, 3.63) is 57.6 Å². The van der Waals surface area contributed by atoms with Gasteiger partial charge in [-0.1, -0.05) is 6.07 Å². The van der Waals surface area contributed by atoms with Crippen LogP contribution in [0, 0.1) is 17.0 Å². The summed E-state index contributed by atoms with van der Waals surface area (Å²) in [4.78, 5) is 24.5. The minimum Gasteiger partial charge on any atom is -0.507 e. The van der Waals surface area contributed by atoms with E-state index in [0.29, 0.717) is 11.1 Å². The van der Waals surface area contributed by atoms with Gasteiger partial charge in [0, 0.05) is 36.5 Å². The highest BCUT2D eigenvalue weighted by Crippen LogP contribution is 2.27. The first kappa shape index (κ1) is 21.7. The van der Waals surface area contributed by atoms with E-state index in [1.54, 1.807) is 25.1 Å². The molecule has 0 aliphatic carbocycles. The van der Waals surface area contributed by atoms with E-state index in [1.165, 1.54) is 18.3 Å². The van der Waals surface area contributed by atoms with Gasteiger partial charge in [0.1, 0.15) is 5.75 Å². The maximum atomic E-state index is 11.9. The van der Waals surface area contributed by atoms with Crippen LogP contribution in [-0.4, -0.2) is 41.8 Å². The number of hydrogen-bond acceptors (Lipinski definition) is 7. The van der Waals surface area contributed by atoms with Crippen molar-refractivity contribution in [1.29, 1.82) is 0 Å². The van der Waals surface area contributed by atoms with E-state index in [1.807, 2.05) is 19.9 Å². The number of phenols is 1. The van der Waals surface area contributed by atoms with Gasteiger partial charge in [0.15, 0.2) is 12.4 Å². The van der Waals surface area contributed by atoms with E-state index < -0.39 is 17.4 Å². The van der Waals surface area contributed by atoms with E-state index in [-0.39, 0.29) is 17.2 Å². The van der Waals surface area contributed by atoms with E-state index in [9.17, 15) is 20.0 Å². The van der Waals surface area contributed by atoms with Gasteiger partial charge >= 0.3 is 5.69 Å². The molecule has 154 valence electrons. The van der Waals surface area contributed by atoms with Gasteiger partial charge in [-0.25, -0.2) is 5.43 Å². The highest BCUT2D eigenvalue weighted by Gasteiger charge is 2.16. The zero-order chi connectivity index (χ0) is 21.4. The van der Waals surface area contributed by atoms with Crippen LogP contribution in [0.25, 0.3) is 0 Å². The third-order valence-electron chi connectivity index (χ3n) is 4.21. The third-order valence-corrected chi connectivity index (χ3v) is 4.21. The van der Waals surface area contributed by atoms with Crippen molar-refractivity contribution in [2.75, 3.05) is 24.6 Å². The summed E-state index contributed by atoms with van der Waals surface area (Å²) in [6, 6.07) is 9.66. The largest absolute Gasteiger partial charge is 0.507 e. The minimum absolute atomic E-state index is 0.00404. The number of anilines is 1. The fourth-order valence-corrected chi connectivity index (χ4v) is 2.67. The molecule has 2 aromatic carbocycles. The van der Waals surface area contributed by atoms with Gasteiger partial charge in [-0.3, -0.25) is 14.9 Å². The summed E-state index contributed by atoms with van der Waals surface area (Å²) < 4.78 is 5.23. The van der Waals surface area contributed by atoms with Gasteiger partial charge in [-0.05, 0) is 44.5 Å². The van der Waals surface area contributed by atoms with E-state index in [2.05, 4.69) is 15.4 Å². The average Bonchev–Trinajstić information content (AvgIpc) is 2.69. The van der Waals surface area contributed by atoms with Gasteiger partial charge in [0.25, 0.3) is 5.91 Å². The smallest absolute Gasteiger partial charge is 0.311 e. The van der Waals surface area contributed by atoms with Crippen LogP contribution in [0.15, 0.2) is 41.5 Å². The lowest BCUT2D eigenvalue weighted by molar-refractivity contribution is -0.385. The molecule has 9 heteroatoms. The Morgan fingerprint density at radius 1 is 1.28 bits per heavy atom. The first-order valence-electron chi connectivity index (χ1n) is 9.13. The molecule has 0 radical (unpaired) electrons. The molecule has 1 amide bonds. The lowest BCUT2D eigenvalue weighted by Gasteiger charge is -2.21. The van der Waals surface area contributed by atoms with Crippen LogP contribution in [0.5, 0.6) is 11.5 Å². The molecule has 0 aliphatic heterocycles. The molecule has 0 aliphatic rings. The summed E-state index contributed by atoms with van der Waals surface area (Å²) in [5.74, 6) is -0.543. The zero-order valence-corrected chi connectivity index (χ0v) is 16.6. The minimum atomic E-state index is -0.588. The number of nitrogens with zero attached hydrogens (tertiary/aromatic N) is 3. The van der Waals surface area contributed by atoms with Crippen LogP contribution in [0.4, 0.5) is 11.4 Å². The van der Waals surface area contributed by atoms with Crippen molar-refractivity contribution in [2.24, 2.45) is 5.10 Å². The summed E-state index contributed by atoms with van der Waals surface area (Å²) in [7, 11) is 0. The maximum absolute atomic E-state index is 11.9. The van der Waals surface area contributed by atoms with Crippen LogP contribution in [0.2, 0.25) is 0 Å². The summed E-state index contributed by atoms with van der Waals surface area (Å²) >= 11 is 0. The Hall–Kier alpha value is -3.62. The van der Waals surface area contributed by atoms with Crippen LogP contribution in [-0.2, 0) is 4.79 Å². The van der Waals surface area contributed by atoms with Crippen molar-refractivity contribution >= 4 is 23.5 Å². The average molecular weight is 400 g/mol. The first-order chi connectivity index (χ1) is 13.8. The van der Waals surface area contributed by atoms with E-state index >= 15 is 0 Å². The number of carbonyl (C=O) groups is 1. The zero-order valence-electron chi connectivity index (χ0n) is 16.6. The Balaban J connectivity index is 1.94. The van der Waals surface area contributed by atoms with Crippen LogP contribution < -0.4 is 15.1 Å². The summed E-state index contributed by atoms with van der Waals surface area (Å²) in [5.41, 5.74) is 4.10. The van der Waals surface area contributed by atoms with Crippen LogP contribution in [0.1, 0.15) is 25.0 Å². The van der Waals surface area contributed by atoms with Crippen LogP contribution in [0.3, 0.4) is 0 Å². The Bertz CT molecular complexity index is 910. The maximum Gasteiger partial charge on any atom is 0.311 e. The SMILES string of the molecule is CCN(CC)c1ccc(/C=N\NC(=O)COc2ccc(C)cc2[N+](=O)[O-])c(O)c1. The molecule has 0 heterocycles. The van der Waals surface area contributed by atoms with Gasteiger partial charge in [-0.2, -0.15) is 5.10 Å². The first-order valence-corrected chi connectivity index (χ1v) is 9.13. The Kier molecular flexibility index (Phi) is 7.53. The van der Waals surface area contributed by atoms with Crippen molar-refractivity contribution in [2.45, 2.75) is 20.8 Å². The molecule has 0 aromatic heterocycles. The normalized spacial score (nSPS) is 10.7. The lowest BCUT2D eigenvalue weighted by atomic mass is 10.2. The van der Waals surface area contributed by atoms with E-state index in [0.717, 1.165) is 18.8 Å². The molecule has 2 aromatic rings. The van der Waals surface area contributed by atoms with Crippen LogP contribution >= 0.6 is 0 Å². The summed E-state index contributed by atoms with van der Waals surface area (Å²) in [5, 5.41) is 25.0. The summed E-state index contributed by atoms with van der Waals surface area (Å²) in [6.07, 6.45) is 1.31. The summed E-state index contributed by atoms with van der Waals surface area (Å²) in [6.45, 7) is 6.98. The Labute approximate surface area is 168 Å². The number of carbonyl (C=O) groups excluding carboxylic acids is 1.